The number of carboxylic acids is 1. The van der Waals surface area contributed by atoms with Crippen molar-refractivity contribution < 1.29 is 18.7 Å². The highest BCUT2D eigenvalue weighted by Crippen LogP contribution is 2.25. The van der Waals surface area contributed by atoms with Gasteiger partial charge in [0.2, 0.25) is 0 Å². The third kappa shape index (κ3) is 1.78. The normalized spacial score (nSPS) is 10.6. The predicted molar refractivity (Wildman–Crippen MR) is 45.3 cm³/mol. The lowest BCUT2D eigenvalue weighted by Crippen LogP contribution is -2.07. The zero-order valence-corrected chi connectivity index (χ0v) is 7.29. The van der Waals surface area contributed by atoms with Crippen LogP contribution in [0, 0.1) is 6.92 Å². The van der Waals surface area contributed by atoms with Crippen molar-refractivity contribution in [2.75, 3.05) is 5.73 Å². The van der Waals surface area contributed by atoms with Crippen molar-refractivity contribution in [1.82, 2.24) is 4.98 Å². The minimum Gasteiger partial charge on any atom is -0.478 e. The van der Waals surface area contributed by atoms with Gasteiger partial charge in [0.15, 0.2) is 0 Å². The minimum absolute atomic E-state index is 0.124. The minimum atomic E-state index is -2.82. The molecule has 0 saturated heterocycles. The molecule has 0 atom stereocenters. The van der Waals surface area contributed by atoms with E-state index in [0.717, 1.165) is 6.07 Å². The van der Waals surface area contributed by atoms with Crippen LogP contribution in [-0.2, 0) is 0 Å². The number of nitrogen functional groups attached to an aromatic ring is 1. The highest BCUT2D eigenvalue weighted by Gasteiger charge is 2.17. The van der Waals surface area contributed by atoms with Crippen molar-refractivity contribution in [3.63, 3.8) is 0 Å². The van der Waals surface area contributed by atoms with Crippen LogP contribution in [0.4, 0.5) is 14.6 Å². The van der Waals surface area contributed by atoms with Crippen molar-refractivity contribution >= 4 is 11.8 Å². The Bertz CT molecular complexity index is 380. The number of anilines is 1. The lowest BCUT2D eigenvalue weighted by atomic mass is 10.1. The molecule has 3 N–H and O–H groups in total. The highest BCUT2D eigenvalue weighted by atomic mass is 19.3. The second-order valence-electron chi connectivity index (χ2n) is 2.70. The Kier molecular flexibility index (Phi) is 2.64. The van der Waals surface area contributed by atoms with Gasteiger partial charge in [0, 0.05) is 0 Å². The quantitative estimate of drug-likeness (QED) is 0.763. The molecular formula is C8H8F2N2O2. The number of halogens is 2. The molecule has 4 nitrogen and oxygen atoms in total. The molecule has 1 rings (SSSR count). The summed E-state index contributed by atoms with van der Waals surface area (Å²) in [5.41, 5.74) is 4.53. The van der Waals surface area contributed by atoms with Gasteiger partial charge in [-0.05, 0) is 13.0 Å². The summed E-state index contributed by atoms with van der Waals surface area (Å²) < 4.78 is 24.6. The summed E-state index contributed by atoms with van der Waals surface area (Å²) in [6, 6.07) is 0.852. The van der Waals surface area contributed by atoms with E-state index in [4.69, 9.17) is 10.8 Å². The van der Waals surface area contributed by atoms with Crippen LogP contribution in [0.3, 0.4) is 0 Å². The van der Waals surface area contributed by atoms with E-state index in [1.807, 2.05) is 0 Å². The number of carboxylic acid groups (broad SMARTS) is 1. The van der Waals surface area contributed by atoms with E-state index in [-0.39, 0.29) is 17.1 Å². The molecule has 1 heterocycles. The van der Waals surface area contributed by atoms with Gasteiger partial charge in [0.25, 0.3) is 6.43 Å². The van der Waals surface area contributed by atoms with E-state index in [9.17, 15) is 13.6 Å². The zero-order chi connectivity index (χ0) is 10.9. The molecule has 1 aromatic rings. The number of nitrogens with two attached hydrogens (primary N) is 1. The van der Waals surface area contributed by atoms with E-state index in [1.54, 1.807) is 0 Å². The van der Waals surface area contributed by atoms with Crippen LogP contribution in [0.1, 0.15) is 28.0 Å². The second kappa shape index (κ2) is 3.57. The Morgan fingerprint density at radius 2 is 2.21 bits per heavy atom. The van der Waals surface area contributed by atoms with Gasteiger partial charge < -0.3 is 10.8 Å². The lowest BCUT2D eigenvalue weighted by Gasteiger charge is -2.07. The zero-order valence-electron chi connectivity index (χ0n) is 7.29. The standard InChI is InChI=1S/C8H8F2N2O2/c1-3-4(8(13)14)2-5(6(9)10)7(11)12-3/h2,6H,1H3,(H2,11,12)(H,13,14). The van der Waals surface area contributed by atoms with Gasteiger partial charge in [0.1, 0.15) is 5.82 Å². The van der Waals surface area contributed by atoms with Crippen LogP contribution >= 0.6 is 0 Å². The van der Waals surface area contributed by atoms with Crippen molar-refractivity contribution in [1.29, 1.82) is 0 Å². The van der Waals surface area contributed by atoms with Gasteiger partial charge in [-0.15, -0.1) is 0 Å². The molecule has 1 aromatic heterocycles. The van der Waals surface area contributed by atoms with Crippen LogP contribution in [0.5, 0.6) is 0 Å². The summed E-state index contributed by atoms with van der Waals surface area (Å²) in [5.74, 6) is -1.63. The molecule has 76 valence electrons. The first kappa shape index (κ1) is 10.4. The number of hydrogen-bond acceptors (Lipinski definition) is 3. The van der Waals surface area contributed by atoms with Gasteiger partial charge in [-0.1, -0.05) is 0 Å². The van der Waals surface area contributed by atoms with Gasteiger partial charge >= 0.3 is 5.97 Å². The number of alkyl halides is 2. The fourth-order valence-electron chi connectivity index (χ4n) is 1.03. The van der Waals surface area contributed by atoms with Crippen molar-refractivity contribution in [2.45, 2.75) is 13.3 Å². The Balaban J connectivity index is 3.34. The highest BCUT2D eigenvalue weighted by molar-refractivity contribution is 5.89. The molecule has 0 spiro atoms. The van der Waals surface area contributed by atoms with Crippen LogP contribution in [0.15, 0.2) is 6.07 Å². The van der Waals surface area contributed by atoms with E-state index in [0.29, 0.717) is 0 Å². The monoisotopic (exact) mass is 202 g/mol. The molecule has 14 heavy (non-hydrogen) atoms. The van der Waals surface area contributed by atoms with Gasteiger partial charge in [-0.3, -0.25) is 0 Å². The second-order valence-corrected chi connectivity index (χ2v) is 2.70. The number of pyridine rings is 1. The molecule has 0 radical (unpaired) electrons. The van der Waals surface area contributed by atoms with E-state index in [1.165, 1.54) is 6.92 Å². The first-order valence-electron chi connectivity index (χ1n) is 3.72. The summed E-state index contributed by atoms with van der Waals surface area (Å²) in [7, 11) is 0. The number of carbonyl (C=O) groups is 1. The fraction of sp³-hybridized carbons (Fsp3) is 0.250. The lowest BCUT2D eigenvalue weighted by molar-refractivity contribution is 0.0695. The molecule has 0 amide bonds. The maximum Gasteiger partial charge on any atom is 0.337 e. The number of aromatic carboxylic acids is 1. The molecule has 0 saturated carbocycles. The van der Waals surface area contributed by atoms with Crippen molar-refractivity contribution in [3.8, 4) is 0 Å². The fourth-order valence-corrected chi connectivity index (χ4v) is 1.03. The largest absolute Gasteiger partial charge is 0.478 e. The van der Waals surface area contributed by atoms with Gasteiger partial charge in [-0.2, -0.15) is 0 Å². The SMILES string of the molecule is Cc1nc(N)c(C(F)F)cc1C(=O)O. The maximum absolute atomic E-state index is 12.3. The molecule has 0 aliphatic rings. The van der Waals surface area contributed by atoms with Crippen LogP contribution < -0.4 is 5.73 Å². The average molecular weight is 202 g/mol. The number of aromatic nitrogens is 1. The number of rotatable bonds is 2. The molecular weight excluding hydrogens is 194 g/mol. The predicted octanol–water partition coefficient (Wildman–Crippen LogP) is 1.61. The molecule has 0 bridgehead atoms. The summed E-state index contributed by atoms with van der Waals surface area (Å²) >= 11 is 0. The van der Waals surface area contributed by atoms with Crippen LogP contribution in [0.25, 0.3) is 0 Å². The average Bonchev–Trinajstić information content (AvgIpc) is 2.02. The summed E-state index contributed by atoms with van der Waals surface area (Å²) in [6.07, 6.45) is -2.82. The summed E-state index contributed by atoms with van der Waals surface area (Å²) in [4.78, 5) is 14.1. The third-order valence-corrected chi connectivity index (χ3v) is 1.74. The first-order chi connectivity index (χ1) is 6.43. The molecule has 0 unspecified atom stereocenters. The Labute approximate surface area is 78.4 Å². The van der Waals surface area contributed by atoms with Crippen molar-refractivity contribution in [3.05, 3.63) is 22.9 Å². The molecule has 6 heteroatoms. The maximum atomic E-state index is 12.3. The van der Waals surface area contributed by atoms with Crippen LogP contribution in [-0.4, -0.2) is 16.1 Å². The van der Waals surface area contributed by atoms with E-state index in [2.05, 4.69) is 4.98 Å². The van der Waals surface area contributed by atoms with E-state index < -0.39 is 18.0 Å². The first-order valence-corrected chi connectivity index (χ1v) is 3.72. The van der Waals surface area contributed by atoms with E-state index >= 15 is 0 Å². The topological polar surface area (TPSA) is 76.2 Å². The Hall–Kier alpha value is -1.72. The van der Waals surface area contributed by atoms with Gasteiger partial charge in [0.05, 0.1) is 16.8 Å². The molecule has 0 aromatic carbocycles. The van der Waals surface area contributed by atoms with Crippen molar-refractivity contribution in [2.24, 2.45) is 0 Å². The smallest absolute Gasteiger partial charge is 0.337 e. The van der Waals surface area contributed by atoms with Crippen LogP contribution in [0.2, 0.25) is 0 Å². The number of nitrogens with zero attached hydrogens (tertiary/aromatic N) is 1. The molecule has 0 aliphatic heterocycles. The Morgan fingerprint density at radius 1 is 1.64 bits per heavy atom. The molecule has 0 fully saturated rings. The third-order valence-electron chi connectivity index (χ3n) is 1.74. The summed E-state index contributed by atoms with van der Waals surface area (Å²) in [6.45, 7) is 1.40. The molecule has 0 aliphatic carbocycles. The summed E-state index contributed by atoms with van der Waals surface area (Å²) in [5, 5.41) is 8.64. The van der Waals surface area contributed by atoms with Gasteiger partial charge in [-0.25, -0.2) is 18.6 Å². The number of aryl methyl sites for hydroxylation is 1. The number of hydrogen-bond donors (Lipinski definition) is 2. The Morgan fingerprint density at radius 3 is 2.64 bits per heavy atom.